The second-order valence-electron chi connectivity index (χ2n) is 3.91. The minimum atomic E-state index is 0.394. The van der Waals surface area contributed by atoms with Crippen LogP contribution in [0.25, 0.3) is 0 Å². The van der Waals surface area contributed by atoms with E-state index in [4.69, 9.17) is 0 Å². The fourth-order valence-corrected chi connectivity index (χ4v) is 2.12. The molecule has 1 aromatic heterocycles. The molecule has 0 atom stereocenters. The average Bonchev–Trinajstić information content (AvgIpc) is 2.61. The van der Waals surface area contributed by atoms with E-state index in [-0.39, 0.29) is 0 Å². The fourth-order valence-electron chi connectivity index (χ4n) is 2.12. The van der Waals surface area contributed by atoms with Crippen LogP contribution >= 0.6 is 0 Å². The summed E-state index contributed by atoms with van der Waals surface area (Å²) in [6.07, 6.45) is 6.90. The summed E-state index contributed by atoms with van der Waals surface area (Å²) in [7, 11) is 0. The molecule has 0 bridgehead atoms. The zero-order chi connectivity index (χ0) is 9.97. The number of aryl methyl sites for hydroxylation is 1. The molecule has 0 saturated heterocycles. The van der Waals surface area contributed by atoms with E-state index >= 15 is 0 Å². The van der Waals surface area contributed by atoms with Crippen molar-refractivity contribution in [1.29, 1.82) is 0 Å². The minimum Gasteiger partial charge on any atom is -0.296 e. The van der Waals surface area contributed by atoms with Crippen LogP contribution in [0.3, 0.4) is 0 Å². The highest BCUT2D eigenvalue weighted by Crippen LogP contribution is 2.28. The van der Waals surface area contributed by atoms with Crippen LogP contribution in [0.2, 0.25) is 0 Å². The molecule has 0 aliphatic heterocycles. The van der Waals surface area contributed by atoms with E-state index < -0.39 is 0 Å². The monoisotopic (exact) mass is 193 g/mol. The summed E-state index contributed by atoms with van der Waals surface area (Å²) < 4.78 is 1.81. The van der Waals surface area contributed by atoms with Crippen molar-refractivity contribution < 1.29 is 4.79 Å². The normalized spacial score (nSPS) is 18.4. The van der Waals surface area contributed by atoms with Crippen molar-refractivity contribution >= 4 is 6.29 Å². The Morgan fingerprint density at radius 1 is 1.36 bits per heavy atom. The molecule has 76 valence electrons. The molecule has 1 heterocycles. The second kappa shape index (κ2) is 3.90. The highest BCUT2D eigenvalue weighted by molar-refractivity contribution is 5.73. The third kappa shape index (κ3) is 1.56. The number of aldehydes is 1. The largest absolute Gasteiger partial charge is 0.296 e. The quantitative estimate of drug-likeness (QED) is 0.674. The summed E-state index contributed by atoms with van der Waals surface area (Å²) in [5.41, 5.74) is 1.39. The van der Waals surface area contributed by atoms with Gasteiger partial charge in [0, 0.05) is 0 Å². The van der Waals surface area contributed by atoms with Gasteiger partial charge >= 0.3 is 0 Å². The molecule has 1 aliphatic rings. The lowest BCUT2D eigenvalue weighted by atomic mass is 9.95. The Hall–Kier alpha value is -1.19. The molecule has 1 aromatic rings. The zero-order valence-corrected chi connectivity index (χ0v) is 8.44. The van der Waals surface area contributed by atoms with Crippen molar-refractivity contribution in [2.45, 2.75) is 45.1 Å². The van der Waals surface area contributed by atoms with Gasteiger partial charge in [-0.2, -0.15) is 0 Å². The van der Waals surface area contributed by atoms with E-state index in [0.29, 0.717) is 11.7 Å². The maximum Gasteiger partial charge on any atom is 0.170 e. The van der Waals surface area contributed by atoms with E-state index in [2.05, 4.69) is 10.3 Å². The predicted octanol–water partition coefficient (Wildman–Crippen LogP) is 1.90. The third-order valence-corrected chi connectivity index (χ3v) is 2.94. The van der Waals surface area contributed by atoms with Gasteiger partial charge in [-0.05, 0) is 19.8 Å². The van der Waals surface area contributed by atoms with E-state index in [9.17, 15) is 4.79 Å². The molecule has 0 aromatic carbocycles. The second-order valence-corrected chi connectivity index (χ2v) is 3.91. The summed E-state index contributed by atoms with van der Waals surface area (Å²) in [4.78, 5) is 10.9. The van der Waals surface area contributed by atoms with Crippen molar-refractivity contribution in [3.05, 3.63) is 11.4 Å². The molecule has 0 radical (unpaired) electrons. The molecule has 4 heteroatoms. The lowest BCUT2D eigenvalue weighted by Gasteiger charge is -2.22. The summed E-state index contributed by atoms with van der Waals surface area (Å²) in [6, 6.07) is 0.394. The van der Waals surface area contributed by atoms with Crippen LogP contribution < -0.4 is 0 Å². The van der Waals surface area contributed by atoms with Crippen LogP contribution in [-0.2, 0) is 0 Å². The van der Waals surface area contributed by atoms with Crippen molar-refractivity contribution in [2.24, 2.45) is 0 Å². The summed E-state index contributed by atoms with van der Waals surface area (Å²) >= 11 is 0. The first kappa shape index (κ1) is 9.37. The Labute approximate surface area is 83.3 Å². The van der Waals surface area contributed by atoms with Crippen LogP contribution in [0.5, 0.6) is 0 Å². The van der Waals surface area contributed by atoms with E-state index in [1.807, 2.05) is 11.6 Å². The fraction of sp³-hybridized carbons (Fsp3) is 0.700. The minimum absolute atomic E-state index is 0.394. The number of carbonyl (C=O) groups is 1. The molecule has 1 aliphatic carbocycles. The number of aromatic nitrogens is 3. The molecular weight excluding hydrogens is 178 g/mol. The van der Waals surface area contributed by atoms with E-state index in [1.54, 1.807) is 0 Å². The third-order valence-electron chi connectivity index (χ3n) is 2.94. The first-order chi connectivity index (χ1) is 6.83. The molecule has 0 spiro atoms. The molecule has 0 amide bonds. The molecule has 2 rings (SSSR count). The van der Waals surface area contributed by atoms with Crippen molar-refractivity contribution in [3.63, 3.8) is 0 Å². The standard InChI is InChI=1S/C10H15N3O/c1-8-10(7-14)13(12-11-8)9-5-3-2-4-6-9/h7,9H,2-6H2,1H3. The SMILES string of the molecule is Cc1nnn(C2CCCCC2)c1C=O. The van der Waals surface area contributed by atoms with E-state index in [0.717, 1.165) is 24.8 Å². The highest BCUT2D eigenvalue weighted by atomic mass is 16.1. The number of hydrogen-bond acceptors (Lipinski definition) is 3. The van der Waals surface area contributed by atoms with Gasteiger partial charge in [0.05, 0.1) is 11.7 Å². The van der Waals surface area contributed by atoms with Gasteiger partial charge in [0.2, 0.25) is 0 Å². The molecule has 1 saturated carbocycles. The van der Waals surface area contributed by atoms with Gasteiger partial charge in [-0.1, -0.05) is 24.5 Å². The van der Waals surface area contributed by atoms with Gasteiger partial charge in [-0.25, -0.2) is 4.68 Å². The maximum atomic E-state index is 10.9. The summed E-state index contributed by atoms with van der Waals surface area (Å²) in [6.45, 7) is 1.83. The molecule has 0 N–H and O–H groups in total. The summed E-state index contributed by atoms with van der Waals surface area (Å²) in [5.74, 6) is 0. The van der Waals surface area contributed by atoms with Gasteiger partial charge in [0.15, 0.2) is 6.29 Å². The molecular formula is C10H15N3O. The molecule has 0 unspecified atom stereocenters. The van der Waals surface area contributed by atoms with Crippen LogP contribution in [-0.4, -0.2) is 21.3 Å². The van der Waals surface area contributed by atoms with Gasteiger partial charge < -0.3 is 0 Å². The molecule has 1 fully saturated rings. The van der Waals surface area contributed by atoms with E-state index in [1.165, 1.54) is 19.3 Å². The van der Waals surface area contributed by atoms with Crippen molar-refractivity contribution in [1.82, 2.24) is 15.0 Å². The Bertz CT molecular complexity index is 326. The van der Waals surface area contributed by atoms with Crippen LogP contribution in [0, 0.1) is 6.92 Å². The van der Waals surface area contributed by atoms with Crippen LogP contribution in [0.4, 0.5) is 0 Å². The van der Waals surface area contributed by atoms with Gasteiger partial charge in [-0.15, -0.1) is 5.10 Å². The number of rotatable bonds is 2. The Morgan fingerprint density at radius 2 is 2.07 bits per heavy atom. The summed E-state index contributed by atoms with van der Waals surface area (Å²) in [5, 5.41) is 7.99. The number of carbonyl (C=O) groups excluding carboxylic acids is 1. The number of hydrogen-bond donors (Lipinski definition) is 0. The Balaban J connectivity index is 2.25. The predicted molar refractivity (Wildman–Crippen MR) is 52.3 cm³/mol. The van der Waals surface area contributed by atoms with Crippen molar-refractivity contribution in [2.75, 3.05) is 0 Å². The molecule has 14 heavy (non-hydrogen) atoms. The highest BCUT2D eigenvalue weighted by Gasteiger charge is 2.20. The van der Waals surface area contributed by atoms with Gasteiger partial charge in [0.25, 0.3) is 0 Å². The Kier molecular flexibility index (Phi) is 2.61. The van der Waals surface area contributed by atoms with Crippen LogP contribution in [0.1, 0.15) is 54.3 Å². The lowest BCUT2D eigenvalue weighted by Crippen LogP contribution is -2.16. The first-order valence-electron chi connectivity index (χ1n) is 5.20. The first-order valence-corrected chi connectivity index (χ1v) is 5.20. The average molecular weight is 193 g/mol. The van der Waals surface area contributed by atoms with Gasteiger partial charge in [0.1, 0.15) is 5.69 Å². The number of nitrogens with zero attached hydrogens (tertiary/aromatic N) is 3. The van der Waals surface area contributed by atoms with Gasteiger partial charge in [-0.3, -0.25) is 4.79 Å². The van der Waals surface area contributed by atoms with Crippen molar-refractivity contribution in [3.8, 4) is 0 Å². The topological polar surface area (TPSA) is 47.8 Å². The zero-order valence-electron chi connectivity index (χ0n) is 8.44. The Morgan fingerprint density at radius 3 is 2.71 bits per heavy atom. The smallest absolute Gasteiger partial charge is 0.170 e. The van der Waals surface area contributed by atoms with Crippen LogP contribution in [0.15, 0.2) is 0 Å². The maximum absolute atomic E-state index is 10.9. The lowest BCUT2D eigenvalue weighted by molar-refractivity contribution is 0.110. The molecule has 4 nitrogen and oxygen atoms in total.